The van der Waals surface area contributed by atoms with Gasteiger partial charge in [-0.1, -0.05) is 6.08 Å². The monoisotopic (exact) mass is 272 g/mol. The standard InChI is InChI=1S/C14H24O5/c1-6-11-13(19-14(4,5)18-11)12(8-9-15)17-10(3)16-7-2/h6,9-13H,1,7-8H2,2-5H3. The quantitative estimate of drug-likeness (QED) is 0.384. The molecule has 1 heterocycles. The Morgan fingerprint density at radius 2 is 2.11 bits per heavy atom. The third-order valence-corrected chi connectivity index (χ3v) is 2.86. The number of carbonyl (C=O) groups excluding carboxylic acids is 1. The highest BCUT2D eigenvalue weighted by Crippen LogP contribution is 2.32. The second-order valence-corrected chi connectivity index (χ2v) is 4.90. The van der Waals surface area contributed by atoms with E-state index in [9.17, 15) is 4.79 Å². The molecule has 0 N–H and O–H groups in total. The van der Waals surface area contributed by atoms with Gasteiger partial charge in [0.05, 0.1) is 6.10 Å². The molecule has 1 fully saturated rings. The van der Waals surface area contributed by atoms with E-state index in [-0.39, 0.29) is 18.6 Å². The second-order valence-electron chi connectivity index (χ2n) is 4.90. The Morgan fingerprint density at radius 3 is 2.63 bits per heavy atom. The van der Waals surface area contributed by atoms with Crippen molar-refractivity contribution in [2.24, 2.45) is 0 Å². The maximum atomic E-state index is 10.8. The molecule has 0 bridgehead atoms. The van der Waals surface area contributed by atoms with Crippen molar-refractivity contribution in [3.05, 3.63) is 12.7 Å². The number of rotatable bonds is 8. The van der Waals surface area contributed by atoms with Crippen LogP contribution in [0.5, 0.6) is 0 Å². The van der Waals surface area contributed by atoms with E-state index in [0.29, 0.717) is 6.61 Å². The Labute approximate surface area is 114 Å². The third kappa shape index (κ3) is 4.69. The van der Waals surface area contributed by atoms with Gasteiger partial charge in [0.15, 0.2) is 12.1 Å². The van der Waals surface area contributed by atoms with Crippen molar-refractivity contribution >= 4 is 6.29 Å². The van der Waals surface area contributed by atoms with E-state index in [1.807, 2.05) is 20.8 Å². The normalized spacial score (nSPS) is 28.8. The van der Waals surface area contributed by atoms with Gasteiger partial charge < -0.3 is 23.7 Å². The van der Waals surface area contributed by atoms with E-state index in [2.05, 4.69) is 6.58 Å². The van der Waals surface area contributed by atoms with Crippen molar-refractivity contribution in [1.29, 1.82) is 0 Å². The molecular formula is C14H24O5. The molecule has 5 heteroatoms. The van der Waals surface area contributed by atoms with Gasteiger partial charge in [0, 0.05) is 13.0 Å². The third-order valence-electron chi connectivity index (χ3n) is 2.86. The molecule has 1 aliphatic heterocycles. The summed E-state index contributed by atoms with van der Waals surface area (Å²) >= 11 is 0. The van der Waals surface area contributed by atoms with Crippen molar-refractivity contribution in [3.8, 4) is 0 Å². The van der Waals surface area contributed by atoms with Gasteiger partial charge in [-0.2, -0.15) is 0 Å². The Morgan fingerprint density at radius 1 is 1.42 bits per heavy atom. The molecule has 4 unspecified atom stereocenters. The van der Waals surface area contributed by atoms with Crippen molar-refractivity contribution in [2.45, 2.75) is 64.5 Å². The molecule has 4 atom stereocenters. The summed E-state index contributed by atoms with van der Waals surface area (Å²) in [5.74, 6) is -0.705. The van der Waals surface area contributed by atoms with E-state index >= 15 is 0 Å². The molecule has 0 aromatic heterocycles. The maximum Gasteiger partial charge on any atom is 0.164 e. The molecule has 5 nitrogen and oxygen atoms in total. The lowest BCUT2D eigenvalue weighted by molar-refractivity contribution is -0.200. The zero-order valence-corrected chi connectivity index (χ0v) is 12.1. The van der Waals surface area contributed by atoms with E-state index in [0.717, 1.165) is 6.29 Å². The Hall–Kier alpha value is -0.750. The molecular weight excluding hydrogens is 248 g/mol. The number of hydrogen-bond donors (Lipinski definition) is 0. The van der Waals surface area contributed by atoms with E-state index in [1.165, 1.54) is 0 Å². The van der Waals surface area contributed by atoms with Crippen LogP contribution in [0.2, 0.25) is 0 Å². The van der Waals surface area contributed by atoms with Crippen LogP contribution >= 0.6 is 0 Å². The number of hydrogen-bond acceptors (Lipinski definition) is 5. The number of aldehydes is 1. The Bertz CT molecular complexity index is 302. The average molecular weight is 272 g/mol. The molecule has 0 amide bonds. The topological polar surface area (TPSA) is 54.0 Å². The molecule has 110 valence electrons. The molecule has 0 spiro atoms. The lowest BCUT2D eigenvalue weighted by Gasteiger charge is -2.27. The van der Waals surface area contributed by atoms with Gasteiger partial charge in [-0.15, -0.1) is 6.58 Å². The SMILES string of the molecule is C=CC1OC(C)(C)OC1C(CC=O)OC(C)OCC. The van der Waals surface area contributed by atoms with Gasteiger partial charge >= 0.3 is 0 Å². The van der Waals surface area contributed by atoms with E-state index in [4.69, 9.17) is 18.9 Å². The van der Waals surface area contributed by atoms with Gasteiger partial charge in [0.25, 0.3) is 0 Å². The van der Waals surface area contributed by atoms with Crippen LogP contribution in [0.1, 0.15) is 34.1 Å². The minimum atomic E-state index is -0.705. The summed E-state index contributed by atoms with van der Waals surface area (Å²) in [6, 6.07) is 0. The van der Waals surface area contributed by atoms with Gasteiger partial charge in [-0.3, -0.25) is 0 Å². The second kappa shape index (κ2) is 7.14. The molecule has 0 saturated carbocycles. The summed E-state index contributed by atoms with van der Waals surface area (Å²) in [5, 5.41) is 0. The van der Waals surface area contributed by atoms with E-state index in [1.54, 1.807) is 13.0 Å². The van der Waals surface area contributed by atoms with Crippen molar-refractivity contribution < 1.29 is 23.7 Å². The van der Waals surface area contributed by atoms with Crippen LogP contribution in [0.3, 0.4) is 0 Å². The fourth-order valence-electron chi connectivity index (χ4n) is 2.17. The predicted molar refractivity (Wildman–Crippen MR) is 70.7 cm³/mol. The summed E-state index contributed by atoms with van der Waals surface area (Å²) in [7, 11) is 0. The molecule has 0 aromatic rings. The molecule has 1 rings (SSSR count). The first-order chi connectivity index (χ1) is 8.93. The molecule has 1 aliphatic rings. The summed E-state index contributed by atoms with van der Waals surface area (Å²) < 4.78 is 22.6. The average Bonchev–Trinajstić information content (AvgIpc) is 2.64. The highest BCUT2D eigenvalue weighted by atomic mass is 16.8. The van der Waals surface area contributed by atoms with Crippen LogP contribution < -0.4 is 0 Å². The van der Waals surface area contributed by atoms with Gasteiger partial charge in [0.2, 0.25) is 0 Å². The van der Waals surface area contributed by atoms with Gasteiger partial charge in [0.1, 0.15) is 18.5 Å². The lowest BCUT2D eigenvalue weighted by Crippen LogP contribution is -2.39. The number of ether oxygens (including phenoxy) is 4. The molecule has 19 heavy (non-hydrogen) atoms. The van der Waals surface area contributed by atoms with Crippen molar-refractivity contribution in [2.75, 3.05) is 6.61 Å². The minimum Gasteiger partial charge on any atom is -0.353 e. The smallest absolute Gasteiger partial charge is 0.164 e. The minimum absolute atomic E-state index is 0.228. The number of carbonyl (C=O) groups is 1. The van der Waals surface area contributed by atoms with Crippen LogP contribution in [0.4, 0.5) is 0 Å². The first-order valence-corrected chi connectivity index (χ1v) is 6.62. The zero-order chi connectivity index (χ0) is 14.5. The Balaban J connectivity index is 2.74. The zero-order valence-electron chi connectivity index (χ0n) is 12.1. The van der Waals surface area contributed by atoms with Crippen LogP contribution in [0.25, 0.3) is 0 Å². The molecule has 0 aliphatic carbocycles. The fraction of sp³-hybridized carbons (Fsp3) is 0.786. The van der Waals surface area contributed by atoms with Crippen LogP contribution in [0, 0.1) is 0 Å². The fourth-order valence-corrected chi connectivity index (χ4v) is 2.17. The lowest BCUT2D eigenvalue weighted by atomic mass is 10.1. The molecule has 0 radical (unpaired) electrons. The molecule has 1 saturated heterocycles. The van der Waals surface area contributed by atoms with Crippen LogP contribution in [-0.2, 0) is 23.7 Å². The van der Waals surface area contributed by atoms with Crippen molar-refractivity contribution in [1.82, 2.24) is 0 Å². The first-order valence-electron chi connectivity index (χ1n) is 6.62. The van der Waals surface area contributed by atoms with Crippen LogP contribution in [0.15, 0.2) is 12.7 Å². The van der Waals surface area contributed by atoms with Crippen LogP contribution in [-0.4, -0.2) is 43.3 Å². The Kier molecular flexibility index (Phi) is 6.13. The van der Waals surface area contributed by atoms with Crippen molar-refractivity contribution in [3.63, 3.8) is 0 Å². The van der Waals surface area contributed by atoms with E-state index < -0.39 is 18.2 Å². The summed E-state index contributed by atoms with van der Waals surface area (Å²) in [6.07, 6.45) is 1.25. The molecule has 0 aromatic carbocycles. The highest BCUT2D eigenvalue weighted by Gasteiger charge is 2.44. The first kappa shape index (κ1) is 16.3. The highest BCUT2D eigenvalue weighted by molar-refractivity contribution is 5.50. The predicted octanol–water partition coefficient (Wildman–Crippen LogP) is 2.05. The van der Waals surface area contributed by atoms with Gasteiger partial charge in [-0.25, -0.2) is 0 Å². The maximum absolute atomic E-state index is 10.8. The summed E-state index contributed by atoms with van der Waals surface area (Å²) in [5.41, 5.74) is 0. The van der Waals surface area contributed by atoms with Gasteiger partial charge in [-0.05, 0) is 27.7 Å². The summed E-state index contributed by atoms with van der Waals surface area (Å²) in [4.78, 5) is 10.8. The largest absolute Gasteiger partial charge is 0.353 e. The summed E-state index contributed by atoms with van der Waals surface area (Å²) in [6.45, 7) is 11.6.